The minimum atomic E-state index is -3.73. The zero-order chi connectivity index (χ0) is 21.1. The van der Waals surface area contributed by atoms with Gasteiger partial charge < -0.3 is 10.2 Å². The van der Waals surface area contributed by atoms with Crippen molar-refractivity contribution in [1.29, 1.82) is 0 Å². The fourth-order valence-electron chi connectivity index (χ4n) is 2.61. The summed E-state index contributed by atoms with van der Waals surface area (Å²) in [5.41, 5.74) is -0.339. The first-order valence-electron chi connectivity index (χ1n) is 8.72. The molecule has 0 bridgehead atoms. The maximum Gasteiger partial charge on any atom is 0.252 e. The summed E-state index contributed by atoms with van der Waals surface area (Å²) in [5, 5.41) is 4.92. The lowest BCUT2D eigenvalue weighted by molar-refractivity contribution is 0.0941. The average molecular weight is 488 g/mol. The Morgan fingerprint density at radius 3 is 2.46 bits per heavy atom. The maximum atomic E-state index is 12.8. The van der Waals surface area contributed by atoms with Crippen LogP contribution < -0.4 is 10.0 Å². The Morgan fingerprint density at radius 1 is 1.25 bits per heavy atom. The molecule has 2 rings (SSSR count). The Balaban J connectivity index is 2.21. The van der Waals surface area contributed by atoms with Crippen LogP contribution in [0.2, 0.25) is 0 Å². The van der Waals surface area contributed by atoms with Crippen LogP contribution in [-0.4, -0.2) is 45.4 Å². The zero-order valence-electron chi connectivity index (χ0n) is 16.6. The maximum absolute atomic E-state index is 12.8. The SMILES string of the molecule is CN(C)C(CNC(=O)c1cc(S(=O)(=O)NC(C)(C)C)ccc1Br)c1cccs1. The average Bonchev–Trinajstić information content (AvgIpc) is 3.06. The Bertz CT molecular complexity index is 920. The van der Waals surface area contributed by atoms with Gasteiger partial charge in [0.2, 0.25) is 10.0 Å². The van der Waals surface area contributed by atoms with Crippen molar-refractivity contribution in [3.05, 3.63) is 50.6 Å². The van der Waals surface area contributed by atoms with Crippen LogP contribution in [0.3, 0.4) is 0 Å². The summed E-state index contributed by atoms with van der Waals surface area (Å²) in [6.45, 7) is 5.71. The highest BCUT2D eigenvalue weighted by Crippen LogP contribution is 2.24. The van der Waals surface area contributed by atoms with E-state index in [9.17, 15) is 13.2 Å². The lowest BCUT2D eigenvalue weighted by Gasteiger charge is -2.24. The number of nitrogens with one attached hydrogen (secondary N) is 2. The van der Waals surface area contributed by atoms with Gasteiger partial charge in [-0.15, -0.1) is 11.3 Å². The third kappa shape index (κ3) is 6.12. The van der Waals surface area contributed by atoms with E-state index in [1.165, 1.54) is 12.1 Å². The quantitative estimate of drug-likeness (QED) is 0.624. The fraction of sp³-hybridized carbons (Fsp3) is 0.421. The second-order valence-electron chi connectivity index (χ2n) is 7.70. The first-order valence-corrected chi connectivity index (χ1v) is 11.9. The van der Waals surface area contributed by atoms with Gasteiger partial charge in [0.25, 0.3) is 5.91 Å². The molecule has 0 aliphatic rings. The Labute approximate surface area is 179 Å². The molecule has 2 N–H and O–H groups in total. The summed E-state index contributed by atoms with van der Waals surface area (Å²) in [7, 11) is 0.184. The zero-order valence-corrected chi connectivity index (χ0v) is 19.8. The summed E-state index contributed by atoms with van der Waals surface area (Å²) in [5.74, 6) is -0.330. The Morgan fingerprint density at radius 2 is 1.93 bits per heavy atom. The highest BCUT2D eigenvalue weighted by atomic mass is 79.9. The molecule has 0 saturated heterocycles. The van der Waals surface area contributed by atoms with E-state index < -0.39 is 15.6 Å². The van der Waals surface area contributed by atoms with Crippen molar-refractivity contribution in [2.45, 2.75) is 37.2 Å². The molecule has 1 unspecified atom stereocenters. The number of nitrogens with zero attached hydrogens (tertiary/aromatic N) is 1. The molecular formula is C19H26BrN3O3S2. The van der Waals surface area contributed by atoms with Crippen LogP contribution in [0.1, 0.15) is 42.0 Å². The number of carbonyl (C=O) groups excluding carboxylic acids is 1. The molecule has 0 aliphatic carbocycles. The van der Waals surface area contributed by atoms with E-state index in [-0.39, 0.29) is 22.4 Å². The number of halogens is 1. The van der Waals surface area contributed by atoms with Gasteiger partial charge in [0.15, 0.2) is 0 Å². The molecule has 0 saturated carbocycles. The number of carbonyl (C=O) groups is 1. The summed E-state index contributed by atoms with van der Waals surface area (Å²) < 4.78 is 28.3. The Hall–Kier alpha value is -1.26. The first kappa shape index (κ1) is 23.0. The molecule has 1 aromatic carbocycles. The van der Waals surface area contributed by atoms with Gasteiger partial charge in [0.05, 0.1) is 16.5 Å². The highest BCUT2D eigenvalue weighted by Gasteiger charge is 2.24. The fourth-order valence-corrected chi connectivity index (χ4v) is 5.40. The largest absolute Gasteiger partial charge is 0.350 e. The third-order valence-corrected chi connectivity index (χ3v) is 7.30. The van der Waals surface area contributed by atoms with Crippen LogP contribution >= 0.6 is 27.3 Å². The molecule has 9 heteroatoms. The van der Waals surface area contributed by atoms with E-state index in [0.29, 0.717) is 11.0 Å². The van der Waals surface area contributed by atoms with Gasteiger partial charge in [-0.2, -0.15) is 0 Å². The van der Waals surface area contributed by atoms with E-state index in [1.807, 2.05) is 36.5 Å². The van der Waals surface area contributed by atoms with Crippen LogP contribution in [0.25, 0.3) is 0 Å². The number of thiophene rings is 1. The normalized spacial score (nSPS) is 13.5. The van der Waals surface area contributed by atoms with Crippen molar-refractivity contribution in [1.82, 2.24) is 14.9 Å². The van der Waals surface area contributed by atoms with Crippen molar-refractivity contribution in [2.75, 3.05) is 20.6 Å². The number of amides is 1. The molecule has 154 valence electrons. The predicted octanol–water partition coefficient (Wildman–Crippen LogP) is 3.62. The van der Waals surface area contributed by atoms with Gasteiger partial charge in [-0.1, -0.05) is 6.07 Å². The second-order valence-corrected chi connectivity index (χ2v) is 11.2. The van der Waals surface area contributed by atoms with Crippen LogP contribution in [0, 0.1) is 0 Å². The second kappa shape index (κ2) is 9.04. The number of hydrogen-bond donors (Lipinski definition) is 2. The molecule has 6 nitrogen and oxygen atoms in total. The number of sulfonamides is 1. The number of rotatable bonds is 7. The lowest BCUT2D eigenvalue weighted by Crippen LogP contribution is -2.40. The lowest BCUT2D eigenvalue weighted by atomic mass is 10.1. The first-order chi connectivity index (χ1) is 12.9. The smallest absolute Gasteiger partial charge is 0.252 e. The number of likely N-dealkylation sites (N-methyl/N-ethyl adjacent to an activating group) is 1. The number of benzene rings is 1. The predicted molar refractivity (Wildman–Crippen MR) is 117 cm³/mol. The van der Waals surface area contributed by atoms with Crippen molar-refractivity contribution < 1.29 is 13.2 Å². The van der Waals surface area contributed by atoms with E-state index in [0.717, 1.165) is 4.88 Å². The van der Waals surface area contributed by atoms with Gasteiger partial charge in [-0.25, -0.2) is 13.1 Å². The summed E-state index contributed by atoms with van der Waals surface area (Å²) >= 11 is 4.98. The van der Waals surface area contributed by atoms with E-state index in [2.05, 4.69) is 26.0 Å². The summed E-state index contributed by atoms with van der Waals surface area (Å²) in [6, 6.07) is 8.49. The monoisotopic (exact) mass is 487 g/mol. The van der Waals surface area contributed by atoms with Crippen molar-refractivity contribution in [3.8, 4) is 0 Å². The van der Waals surface area contributed by atoms with E-state index in [4.69, 9.17) is 0 Å². The molecule has 1 atom stereocenters. The standard InChI is InChI=1S/C19H26BrN3O3S2/c1-19(2,3)22-28(25,26)13-8-9-15(20)14(11-13)18(24)21-12-16(23(4)5)17-7-6-10-27-17/h6-11,16,22H,12H2,1-5H3,(H,21,24). The molecular weight excluding hydrogens is 462 g/mol. The van der Waals surface area contributed by atoms with Crippen molar-refractivity contribution >= 4 is 43.2 Å². The van der Waals surface area contributed by atoms with Crippen LogP contribution in [0.15, 0.2) is 45.1 Å². The summed E-state index contributed by atoms with van der Waals surface area (Å²) in [6.07, 6.45) is 0. The number of hydrogen-bond acceptors (Lipinski definition) is 5. The molecule has 1 aromatic heterocycles. The molecule has 1 amide bonds. The van der Waals surface area contributed by atoms with Gasteiger partial charge >= 0.3 is 0 Å². The summed E-state index contributed by atoms with van der Waals surface area (Å²) in [4.78, 5) is 16.0. The van der Waals surface area contributed by atoms with Crippen molar-refractivity contribution in [3.63, 3.8) is 0 Å². The van der Waals surface area contributed by atoms with Crippen LogP contribution in [0.4, 0.5) is 0 Å². The van der Waals surface area contributed by atoms with Gasteiger partial charge in [0.1, 0.15) is 0 Å². The topological polar surface area (TPSA) is 78.5 Å². The highest BCUT2D eigenvalue weighted by molar-refractivity contribution is 9.10. The van der Waals surface area contributed by atoms with Crippen molar-refractivity contribution in [2.24, 2.45) is 0 Å². The van der Waals surface area contributed by atoms with E-state index in [1.54, 1.807) is 38.2 Å². The molecule has 1 heterocycles. The molecule has 0 spiro atoms. The van der Waals surface area contributed by atoms with Crippen LogP contribution in [0.5, 0.6) is 0 Å². The van der Waals surface area contributed by atoms with Gasteiger partial charge in [-0.3, -0.25) is 4.79 Å². The third-order valence-electron chi connectivity index (χ3n) is 3.88. The molecule has 2 aromatic rings. The molecule has 0 radical (unpaired) electrons. The molecule has 0 aliphatic heterocycles. The minimum Gasteiger partial charge on any atom is -0.350 e. The Kier molecular flexibility index (Phi) is 7.44. The molecule has 28 heavy (non-hydrogen) atoms. The molecule has 0 fully saturated rings. The van der Waals surface area contributed by atoms with Gasteiger partial charge in [0, 0.05) is 21.4 Å². The van der Waals surface area contributed by atoms with Gasteiger partial charge in [-0.05, 0) is 80.4 Å². The minimum absolute atomic E-state index is 0.0391. The van der Waals surface area contributed by atoms with E-state index >= 15 is 0 Å². The van der Waals surface area contributed by atoms with Crippen LogP contribution in [-0.2, 0) is 10.0 Å².